The first-order chi connectivity index (χ1) is 33.7. The van der Waals surface area contributed by atoms with Crippen LogP contribution in [0, 0.1) is 12.8 Å². The third-order valence-corrected chi connectivity index (χ3v) is 15.1. The van der Waals surface area contributed by atoms with Crippen molar-refractivity contribution < 1.29 is 23.9 Å². The maximum Gasteiger partial charge on any atom is 0.264 e. The number of benzene rings is 4. The Kier molecular flexibility index (Phi) is 13.8. The molecule has 0 radical (unpaired) electrons. The summed E-state index contributed by atoms with van der Waals surface area (Å²) in [5.74, 6) is 1.31. The van der Waals surface area contributed by atoms with Gasteiger partial charge in [0.05, 0.1) is 30.5 Å². The Bertz CT molecular complexity index is 2790. The number of aromatic nitrogens is 3. The fourth-order valence-corrected chi connectivity index (χ4v) is 10.9. The van der Waals surface area contributed by atoms with Gasteiger partial charge in [0.1, 0.15) is 5.75 Å². The Morgan fingerprint density at radius 3 is 2.29 bits per heavy atom. The SMILES string of the molecule is Cc1c(C(=O)N(c2ccccc2)c2cnn(C)c2)cc(-c2cc3c(cc2C(=O)N2Cc4ccccc4C[C@H]2CN2CCCCC2)CN(C(=O)Cc2ccc(OCCC4CCOCC4)cc2)CC3)n1C. The van der Waals surface area contributed by atoms with Gasteiger partial charge in [0.2, 0.25) is 5.91 Å². The number of hydrogen-bond donors (Lipinski definition) is 0. The lowest BCUT2D eigenvalue weighted by Gasteiger charge is -2.41. The highest BCUT2D eigenvalue weighted by Crippen LogP contribution is 2.37. The van der Waals surface area contributed by atoms with Crippen molar-refractivity contribution in [3.8, 4) is 17.0 Å². The topological polar surface area (TPSA) is 105 Å². The molecule has 2 saturated heterocycles. The number of likely N-dealkylation sites (tertiary alicyclic amines) is 1. The smallest absolute Gasteiger partial charge is 0.264 e. The summed E-state index contributed by atoms with van der Waals surface area (Å²) in [5, 5.41) is 4.41. The van der Waals surface area contributed by atoms with Crippen molar-refractivity contribution >= 4 is 29.1 Å². The minimum absolute atomic E-state index is 0.0116. The molecule has 2 fully saturated rings. The van der Waals surface area contributed by atoms with Crippen molar-refractivity contribution in [2.45, 2.75) is 83.8 Å². The molecule has 4 aromatic carbocycles. The molecular formula is C57H65N7O5. The second kappa shape index (κ2) is 20.6. The molecule has 0 saturated carbocycles. The Balaban J connectivity index is 0.966. The minimum atomic E-state index is -0.185. The summed E-state index contributed by atoms with van der Waals surface area (Å²) in [5.41, 5.74) is 10.4. The Morgan fingerprint density at radius 2 is 1.54 bits per heavy atom. The zero-order valence-electron chi connectivity index (χ0n) is 40.4. The quantitative estimate of drug-likeness (QED) is 0.114. The van der Waals surface area contributed by atoms with Crippen molar-refractivity contribution in [2.24, 2.45) is 20.0 Å². The first-order valence-corrected chi connectivity index (χ1v) is 25.0. The Hall–Kier alpha value is -6.50. The van der Waals surface area contributed by atoms with E-state index in [2.05, 4.69) is 55.9 Å². The Morgan fingerprint density at radius 1 is 0.783 bits per heavy atom. The molecule has 4 aliphatic rings. The van der Waals surface area contributed by atoms with Gasteiger partial charge in [0, 0.05) is 93.9 Å². The van der Waals surface area contributed by atoms with Gasteiger partial charge in [-0.3, -0.25) is 24.0 Å². The van der Waals surface area contributed by atoms with E-state index in [1.54, 1.807) is 15.8 Å². The Labute approximate surface area is 406 Å². The molecule has 6 aromatic rings. The van der Waals surface area contributed by atoms with Crippen LogP contribution in [0.1, 0.15) is 92.8 Å². The summed E-state index contributed by atoms with van der Waals surface area (Å²) in [6, 6.07) is 32.3. The fourth-order valence-electron chi connectivity index (χ4n) is 10.9. The highest BCUT2D eigenvalue weighted by atomic mass is 16.5. The van der Waals surface area contributed by atoms with Crippen LogP contribution in [0.3, 0.4) is 0 Å². The van der Waals surface area contributed by atoms with E-state index in [9.17, 15) is 9.59 Å². The van der Waals surface area contributed by atoms with Crippen LogP contribution in [-0.2, 0) is 56.0 Å². The molecule has 6 heterocycles. The molecule has 3 amide bonds. The number of hydrogen-bond acceptors (Lipinski definition) is 7. The molecule has 0 aliphatic carbocycles. The summed E-state index contributed by atoms with van der Waals surface area (Å²) in [7, 11) is 3.82. The summed E-state index contributed by atoms with van der Waals surface area (Å²) >= 11 is 0. The van der Waals surface area contributed by atoms with Gasteiger partial charge in [-0.25, -0.2) is 0 Å². The summed E-state index contributed by atoms with van der Waals surface area (Å²) in [6.45, 7) is 8.72. The van der Waals surface area contributed by atoms with Gasteiger partial charge in [-0.2, -0.15) is 5.10 Å². The van der Waals surface area contributed by atoms with Crippen molar-refractivity contribution in [1.82, 2.24) is 29.0 Å². The normalized spacial score (nSPS) is 17.6. The average molecular weight is 928 g/mol. The van der Waals surface area contributed by atoms with Gasteiger partial charge in [-0.1, -0.05) is 61.0 Å². The number of fused-ring (bicyclic) bond motifs is 2. The zero-order chi connectivity index (χ0) is 47.4. The molecule has 69 heavy (non-hydrogen) atoms. The predicted octanol–water partition coefficient (Wildman–Crippen LogP) is 9.09. The van der Waals surface area contributed by atoms with Crippen LogP contribution < -0.4 is 9.64 Å². The van der Waals surface area contributed by atoms with E-state index in [4.69, 9.17) is 9.47 Å². The van der Waals surface area contributed by atoms with Crippen LogP contribution in [0.4, 0.5) is 11.4 Å². The van der Waals surface area contributed by atoms with E-state index in [0.717, 1.165) is 104 Å². The van der Waals surface area contributed by atoms with Gasteiger partial charge in [-0.15, -0.1) is 0 Å². The van der Waals surface area contributed by atoms with E-state index < -0.39 is 0 Å². The molecule has 0 N–H and O–H groups in total. The highest BCUT2D eigenvalue weighted by molar-refractivity contribution is 6.12. The summed E-state index contributed by atoms with van der Waals surface area (Å²) < 4.78 is 15.3. The van der Waals surface area contributed by atoms with Crippen LogP contribution >= 0.6 is 0 Å². The highest BCUT2D eigenvalue weighted by Gasteiger charge is 2.35. The largest absolute Gasteiger partial charge is 0.494 e. The van der Waals surface area contributed by atoms with Crippen LogP contribution in [0.15, 0.2) is 109 Å². The number of anilines is 2. The monoisotopic (exact) mass is 928 g/mol. The summed E-state index contributed by atoms with van der Waals surface area (Å²) in [4.78, 5) is 53.0. The fraction of sp³-hybridized carbons (Fsp3) is 0.404. The van der Waals surface area contributed by atoms with E-state index in [1.165, 1.54) is 30.4 Å². The number of para-hydroxylation sites is 1. The van der Waals surface area contributed by atoms with Crippen molar-refractivity contribution in [3.63, 3.8) is 0 Å². The van der Waals surface area contributed by atoms with Crippen molar-refractivity contribution in [2.75, 3.05) is 50.9 Å². The lowest BCUT2D eigenvalue weighted by atomic mass is 9.89. The van der Waals surface area contributed by atoms with E-state index in [0.29, 0.717) is 55.4 Å². The first kappa shape index (κ1) is 46.2. The van der Waals surface area contributed by atoms with Crippen LogP contribution in [-0.4, -0.2) is 98.8 Å². The zero-order valence-corrected chi connectivity index (χ0v) is 40.4. The molecule has 12 nitrogen and oxygen atoms in total. The molecule has 4 aliphatic heterocycles. The standard InChI is InChI=1S/C57H65N7O5/c1-40-51(57(67)64(47-14-6-4-7-15-47)49-35-58-59(2)38-49)34-54(60(40)3)52-32-44-20-26-62(55(65)30-42-16-18-50(19-17-42)69-29-23-41-21-27-68-28-22-41)36-46(44)33-53(52)56(66)63-37-45-13-9-8-12-43(45)31-48(63)39-61-24-10-5-11-25-61/h4,6-9,12-19,32-35,38,41,48H,5,10-11,20-31,36-37,39H2,1-3H3/t48-/m0/s1. The average Bonchev–Trinajstić information content (AvgIpc) is 3.94. The molecule has 0 unspecified atom stereocenters. The van der Waals surface area contributed by atoms with Gasteiger partial charge in [-0.05, 0) is 141 Å². The summed E-state index contributed by atoms with van der Waals surface area (Å²) in [6.07, 6.45) is 12.1. The number of rotatable bonds is 13. The molecule has 12 heteroatoms. The van der Waals surface area contributed by atoms with Gasteiger partial charge in [0.25, 0.3) is 11.8 Å². The number of ether oxygens (including phenoxy) is 2. The lowest BCUT2D eigenvalue weighted by molar-refractivity contribution is -0.131. The third kappa shape index (κ3) is 10.1. The van der Waals surface area contributed by atoms with Crippen molar-refractivity contribution in [3.05, 3.63) is 154 Å². The molecule has 0 spiro atoms. The van der Waals surface area contributed by atoms with Crippen LogP contribution in [0.25, 0.3) is 11.3 Å². The molecule has 2 aromatic heterocycles. The van der Waals surface area contributed by atoms with Gasteiger partial charge < -0.3 is 28.7 Å². The lowest BCUT2D eigenvalue weighted by Crippen LogP contribution is -2.51. The number of nitrogens with zero attached hydrogens (tertiary/aromatic N) is 7. The number of piperidine rings is 1. The van der Waals surface area contributed by atoms with Crippen molar-refractivity contribution in [1.29, 1.82) is 0 Å². The van der Waals surface area contributed by atoms with E-state index in [1.807, 2.05) is 92.8 Å². The molecule has 0 bridgehead atoms. The number of amides is 3. The van der Waals surface area contributed by atoms with E-state index >= 15 is 4.79 Å². The number of carbonyl (C=O) groups excluding carboxylic acids is 3. The maximum absolute atomic E-state index is 15.7. The second-order valence-electron chi connectivity index (χ2n) is 19.6. The second-order valence-corrected chi connectivity index (χ2v) is 19.6. The van der Waals surface area contributed by atoms with Crippen LogP contribution in [0.5, 0.6) is 5.75 Å². The predicted molar refractivity (Wildman–Crippen MR) is 269 cm³/mol. The molecule has 10 rings (SSSR count). The minimum Gasteiger partial charge on any atom is -0.494 e. The molecule has 358 valence electrons. The van der Waals surface area contributed by atoms with Gasteiger partial charge in [0.15, 0.2) is 0 Å². The molecular weight excluding hydrogens is 863 g/mol. The third-order valence-electron chi connectivity index (χ3n) is 15.1. The van der Waals surface area contributed by atoms with Crippen LogP contribution in [0.2, 0.25) is 0 Å². The number of aryl methyl sites for hydroxylation is 1. The van der Waals surface area contributed by atoms with E-state index in [-0.39, 0.29) is 30.2 Å². The van der Waals surface area contributed by atoms with Gasteiger partial charge >= 0.3 is 0 Å². The number of carbonyl (C=O) groups is 3. The maximum atomic E-state index is 15.7. The molecule has 1 atom stereocenters. The first-order valence-electron chi connectivity index (χ1n) is 25.0.